The number of fused-ring (bicyclic) bond motifs is 2. The van der Waals surface area contributed by atoms with Crippen molar-refractivity contribution in [1.82, 2.24) is 0 Å². The molecule has 5 N–H and O–H groups in total. The number of hydrogen-bond acceptors (Lipinski definition) is 12. The molecular formula is C42H62O12. The minimum absolute atomic E-state index is 0.00568. The maximum absolute atomic E-state index is 14.3. The zero-order valence-corrected chi connectivity index (χ0v) is 33.0. The molecule has 0 saturated carbocycles. The summed E-state index contributed by atoms with van der Waals surface area (Å²) in [4.78, 5) is 14.3. The van der Waals surface area contributed by atoms with E-state index in [9.17, 15) is 30.3 Å². The van der Waals surface area contributed by atoms with E-state index in [1.54, 1.807) is 32.1 Å². The van der Waals surface area contributed by atoms with Gasteiger partial charge in [-0.15, -0.1) is 0 Å². The molecule has 0 radical (unpaired) electrons. The summed E-state index contributed by atoms with van der Waals surface area (Å²) in [6, 6.07) is 0. The highest BCUT2D eigenvalue weighted by molar-refractivity contribution is 5.78. The molecule has 2 bridgehead atoms. The van der Waals surface area contributed by atoms with Gasteiger partial charge in [-0.2, -0.15) is 0 Å². The summed E-state index contributed by atoms with van der Waals surface area (Å²) >= 11 is 0. The van der Waals surface area contributed by atoms with Crippen molar-refractivity contribution in [2.45, 2.75) is 166 Å². The maximum atomic E-state index is 14.3. The summed E-state index contributed by atoms with van der Waals surface area (Å²) in [5.74, 6) is -3.20. The van der Waals surface area contributed by atoms with Gasteiger partial charge in [0, 0.05) is 37.5 Å². The lowest BCUT2D eigenvalue weighted by Gasteiger charge is -2.51. The smallest absolute Gasteiger partial charge is 0.316 e. The number of ether oxygens (including phenoxy) is 6. The molecule has 6 rings (SSSR count). The van der Waals surface area contributed by atoms with E-state index in [2.05, 4.69) is 19.9 Å². The summed E-state index contributed by atoms with van der Waals surface area (Å²) in [6.45, 7) is 15.5. The van der Waals surface area contributed by atoms with Gasteiger partial charge in [0.15, 0.2) is 12.1 Å². The minimum Gasteiger partial charge on any atom is -0.462 e. The van der Waals surface area contributed by atoms with E-state index in [0.29, 0.717) is 24.0 Å². The van der Waals surface area contributed by atoms with Crippen LogP contribution in [0.25, 0.3) is 0 Å². The second-order valence-corrected chi connectivity index (χ2v) is 17.1. The molecule has 0 aromatic carbocycles. The third-order valence-electron chi connectivity index (χ3n) is 12.3. The molecule has 4 saturated heterocycles. The van der Waals surface area contributed by atoms with Crippen LogP contribution in [0.3, 0.4) is 0 Å². The first-order valence-electron chi connectivity index (χ1n) is 19.8. The Morgan fingerprint density at radius 1 is 1.00 bits per heavy atom. The molecule has 6 aliphatic rings. The van der Waals surface area contributed by atoms with E-state index < -0.39 is 90.6 Å². The standard InChI is InChI=1S/C42H62O12/c1-21(2)14-25(6)38-26(7)33(44)19-41(54-38)18-30-16-29(53-41)13-12-23(4)37(52-34-17-32(43)36(46)27(8)50-34)22(3)10-9-11-28-20-49-39-35(45)24(5)15-31(40(47)51-30)42(28,39)48/h9-12,14-15,21-22,26-27,29-39,43-46,48H,13,16-20H2,1-8H3/b10-9+,23-12+,25-14+,28-11+/t22-,26-,27-,29+,30-,31-,32-,33-,34-,35+,36-,37+,38+,39+,41-,42+/m0/s1. The zero-order chi connectivity index (χ0) is 39.3. The first-order valence-corrected chi connectivity index (χ1v) is 19.8. The molecule has 5 heterocycles. The number of aliphatic hydroxyl groups is 5. The summed E-state index contributed by atoms with van der Waals surface area (Å²) in [6.07, 6.45) is 4.00. The van der Waals surface area contributed by atoms with Crippen LogP contribution in [0, 0.1) is 23.7 Å². The SMILES string of the molecule is CC1=C[C@H]2C(=O)O[C@H]3C[C@@H](C/C=C(\C)[C@H](O[C@H]4C[C@H](O)[C@@H](O)[C@H](C)O4)[C@@H](C)/C=C/C=C4\CO[C@H]([C@@H]1O)[C@@]42O)O[C@]1(C3)C[C@H](O)[C@H](C)[C@@H](/C(C)=C/C(C)C)O1. The first-order chi connectivity index (χ1) is 25.4. The molecular weight excluding hydrogens is 696 g/mol. The van der Waals surface area contributed by atoms with Gasteiger partial charge in [-0.05, 0) is 62.3 Å². The van der Waals surface area contributed by atoms with Gasteiger partial charge in [0.1, 0.15) is 35.9 Å². The molecule has 302 valence electrons. The topological polar surface area (TPSA) is 174 Å². The van der Waals surface area contributed by atoms with Crippen molar-refractivity contribution in [2.24, 2.45) is 23.7 Å². The van der Waals surface area contributed by atoms with Gasteiger partial charge in [0.2, 0.25) is 0 Å². The molecule has 0 aromatic heterocycles. The Morgan fingerprint density at radius 3 is 2.44 bits per heavy atom. The van der Waals surface area contributed by atoms with Gasteiger partial charge in [-0.3, -0.25) is 4.79 Å². The number of allylic oxidation sites excluding steroid dienone is 3. The van der Waals surface area contributed by atoms with Gasteiger partial charge in [-0.25, -0.2) is 0 Å². The fraction of sp³-hybridized carbons (Fsp3) is 0.738. The van der Waals surface area contributed by atoms with Gasteiger partial charge in [-0.1, -0.05) is 64.2 Å². The van der Waals surface area contributed by atoms with E-state index in [0.717, 1.165) is 11.1 Å². The van der Waals surface area contributed by atoms with Crippen LogP contribution in [0.5, 0.6) is 0 Å². The Bertz CT molecular complexity index is 1520. The summed E-state index contributed by atoms with van der Waals surface area (Å²) in [5, 5.41) is 55.8. The van der Waals surface area contributed by atoms with Gasteiger partial charge < -0.3 is 54.0 Å². The molecule has 0 amide bonds. The quantitative estimate of drug-likeness (QED) is 0.207. The Balaban J connectivity index is 1.39. The fourth-order valence-corrected chi connectivity index (χ4v) is 9.30. The highest BCUT2D eigenvalue weighted by atomic mass is 16.7. The molecule has 0 aromatic rings. The molecule has 54 heavy (non-hydrogen) atoms. The molecule has 4 fully saturated rings. The van der Waals surface area contributed by atoms with E-state index >= 15 is 0 Å². The summed E-state index contributed by atoms with van der Waals surface area (Å²) in [7, 11) is 0. The first kappa shape index (κ1) is 41.4. The highest BCUT2D eigenvalue weighted by Crippen LogP contribution is 2.48. The number of esters is 1. The van der Waals surface area contributed by atoms with Crippen molar-refractivity contribution < 1.29 is 58.7 Å². The third-order valence-corrected chi connectivity index (χ3v) is 12.3. The predicted molar refractivity (Wildman–Crippen MR) is 199 cm³/mol. The van der Waals surface area contributed by atoms with Crippen LogP contribution in [0.2, 0.25) is 0 Å². The van der Waals surface area contributed by atoms with Gasteiger partial charge in [0.25, 0.3) is 0 Å². The zero-order valence-electron chi connectivity index (χ0n) is 33.0. The van der Waals surface area contributed by atoms with E-state index in [1.807, 2.05) is 39.8 Å². The number of carbonyl (C=O) groups excluding carboxylic acids is 1. The third kappa shape index (κ3) is 8.25. The summed E-state index contributed by atoms with van der Waals surface area (Å²) < 4.78 is 38.5. The number of rotatable bonds is 4. The lowest BCUT2D eigenvalue weighted by Crippen LogP contribution is -2.59. The van der Waals surface area contributed by atoms with Crippen molar-refractivity contribution in [3.8, 4) is 0 Å². The molecule has 16 atom stereocenters. The average Bonchev–Trinajstić information content (AvgIpc) is 3.43. The van der Waals surface area contributed by atoms with Crippen LogP contribution in [0.4, 0.5) is 0 Å². The number of carbonyl (C=O) groups is 1. The second-order valence-electron chi connectivity index (χ2n) is 17.1. The van der Waals surface area contributed by atoms with Crippen LogP contribution in [0.1, 0.15) is 87.5 Å². The van der Waals surface area contributed by atoms with Crippen LogP contribution in [-0.2, 0) is 33.2 Å². The van der Waals surface area contributed by atoms with Gasteiger partial charge >= 0.3 is 5.97 Å². The van der Waals surface area contributed by atoms with E-state index in [-0.39, 0.29) is 43.6 Å². The molecule has 12 heteroatoms. The van der Waals surface area contributed by atoms with E-state index in [1.165, 1.54) is 0 Å². The van der Waals surface area contributed by atoms with Crippen LogP contribution in [-0.4, -0.2) is 117 Å². The van der Waals surface area contributed by atoms with Crippen molar-refractivity contribution in [3.63, 3.8) is 0 Å². The Labute approximate surface area is 319 Å². The number of hydrogen-bond donors (Lipinski definition) is 5. The second kappa shape index (κ2) is 16.3. The van der Waals surface area contributed by atoms with Crippen LogP contribution < -0.4 is 0 Å². The fourth-order valence-electron chi connectivity index (χ4n) is 9.30. The summed E-state index contributed by atoms with van der Waals surface area (Å²) in [5.41, 5.74) is 0.950. The molecule has 5 aliphatic heterocycles. The monoisotopic (exact) mass is 758 g/mol. The average molecular weight is 759 g/mol. The Hall–Kier alpha value is -2.23. The van der Waals surface area contributed by atoms with Crippen molar-refractivity contribution in [3.05, 3.63) is 58.7 Å². The van der Waals surface area contributed by atoms with Crippen molar-refractivity contribution in [2.75, 3.05) is 6.61 Å². The molecule has 0 unspecified atom stereocenters. The van der Waals surface area contributed by atoms with Crippen LogP contribution >= 0.6 is 0 Å². The highest BCUT2D eigenvalue weighted by Gasteiger charge is 2.60. The Kier molecular flexibility index (Phi) is 12.5. The maximum Gasteiger partial charge on any atom is 0.316 e. The molecule has 1 spiro atoms. The largest absolute Gasteiger partial charge is 0.462 e. The van der Waals surface area contributed by atoms with Crippen molar-refractivity contribution >= 4 is 5.97 Å². The Morgan fingerprint density at radius 2 is 1.74 bits per heavy atom. The normalized spacial score (nSPS) is 49.0. The van der Waals surface area contributed by atoms with Gasteiger partial charge in [0.05, 0.1) is 43.2 Å². The van der Waals surface area contributed by atoms with Crippen molar-refractivity contribution in [1.29, 1.82) is 0 Å². The van der Waals surface area contributed by atoms with Crippen LogP contribution in [0.15, 0.2) is 58.7 Å². The minimum atomic E-state index is -1.87. The lowest BCUT2D eigenvalue weighted by atomic mass is 9.71. The molecule has 1 aliphatic carbocycles. The molecule has 12 nitrogen and oxygen atoms in total. The lowest BCUT2D eigenvalue weighted by molar-refractivity contribution is -0.342. The number of aliphatic hydroxyl groups excluding tert-OH is 4. The van der Waals surface area contributed by atoms with E-state index in [4.69, 9.17) is 28.4 Å². The predicted octanol–water partition coefficient (Wildman–Crippen LogP) is 3.94.